The van der Waals surface area contributed by atoms with E-state index >= 15 is 0 Å². The fourth-order valence-electron chi connectivity index (χ4n) is 2.11. The minimum atomic E-state index is 0.491. The van der Waals surface area contributed by atoms with Crippen LogP contribution < -0.4 is 5.32 Å². The van der Waals surface area contributed by atoms with Crippen molar-refractivity contribution >= 4 is 0 Å². The largest absolute Gasteiger partial charge is 0.383 e. The molecule has 0 aromatic rings. The van der Waals surface area contributed by atoms with Gasteiger partial charge in [0.2, 0.25) is 0 Å². The summed E-state index contributed by atoms with van der Waals surface area (Å²) >= 11 is 0. The molecular weight excluding hydrogens is 212 g/mol. The Morgan fingerprint density at radius 2 is 1.59 bits per heavy atom. The van der Waals surface area contributed by atoms with Crippen LogP contribution in [0.1, 0.15) is 34.6 Å². The van der Waals surface area contributed by atoms with E-state index in [9.17, 15) is 0 Å². The molecule has 17 heavy (non-hydrogen) atoms. The van der Waals surface area contributed by atoms with Crippen molar-refractivity contribution in [3.8, 4) is 0 Å². The van der Waals surface area contributed by atoms with Crippen LogP contribution >= 0.6 is 0 Å². The number of hydrogen-bond acceptors (Lipinski definition) is 3. The fraction of sp³-hybridized carbons (Fsp3) is 1.00. The van der Waals surface area contributed by atoms with Gasteiger partial charge in [0.05, 0.1) is 6.61 Å². The van der Waals surface area contributed by atoms with Gasteiger partial charge in [-0.2, -0.15) is 0 Å². The normalized spacial score (nSPS) is 13.9. The second-order valence-electron chi connectivity index (χ2n) is 5.66. The summed E-state index contributed by atoms with van der Waals surface area (Å²) in [6.45, 7) is 16.4. The first kappa shape index (κ1) is 16.9. The molecule has 0 heterocycles. The van der Waals surface area contributed by atoms with E-state index in [1.54, 1.807) is 7.11 Å². The van der Waals surface area contributed by atoms with Crippen LogP contribution in [0.15, 0.2) is 0 Å². The zero-order chi connectivity index (χ0) is 13.3. The van der Waals surface area contributed by atoms with E-state index in [1.165, 1.54) is 0 Å². The number of nitrogens with one attached hydrogen (secondary N) is 1. The molecule has 0 aliphatic rings. The van der Waals surface area contributed by atoms with Crippen LogP contribution in [0.3, 0.4) is 0 Å². The van der Waals surface area contributed by atoms with Crippen molar-refractivity contribution in [1.29, 1.82) is 0 Å². The molecule has 1 unspecified atom stereocenters. The maximum absolute atomic E-state index is 5.36. The smallest absolute Gasteiger partial charge is 0.0630 e. The highest BCUT2D eigenvalue weighted by Gasteiger charge is 2.19. The van der Waals surface area contributed by atoms with E-state index in [1.807, 2.05) is 0 Å². The lowest BCUT2D eigenvalue weighted by atomic mass is 10.1. The van der Waals surface area contributed by atoms with Gasteiger partial charge >= 0.3 is 0 Å². The SMILES string of the molecule is CCNCC(COC)N(CC(C)C)CC(C)C. The quantitative estimate of drug-likeness (QED) is 0.638. The van der Waals surface area contributed by atoms with Gasteiger partial charge in [0.15, 0.2) is 0 Å². The van der Waals surface area contributed by atoms with Gasteiger partial charge in [-0.3, -0.25) is 4.90 Å². The molecule has 0 aliphatic carbocycles. The third-order valence-electron chi connectivity index (χ3n) is 2.70. The highest BCUT2D eigenvalue weighted by molar-refractivity contribution is 4.75. The molecule has 0 fully saturated rings. The van der Waals surface area contributed by atoms with E-state index in [-0.39, 0.29) is 0 Å². The highest BCUT2D eigenvalue weighted by atomic mass is 16.5. The molecule has 0 saturated carbocycles. The van der Waals surface area contributed by atoms with Crippen molar-refractivity contribution in [1.82, 2.24) is 10.2 Å². The van der Waals surface area contributed by atoms with Crippen LogP contribution in [0.4, 0.5) is 0 Å². The topological polar surface area (TPSA) is 24.5 Å². The predicted octanol–water partition coefficient (Wildman–Crippen LogP) is 2.22. The maximum Gasteiger partial charge on any atom is 0.0630 e. The molecule has 1 atom stereocenters. The number of likely N-dealkylation sites (N-methyl/N-ethyl adjacent to an activating group) is 1. The van der Waals surface area contributed by atoms with Crippen molar-refractivity contribution in [2.75, 3.05) is 39.9 Å². The lowest BCUT2D eigenvalue weighted by Crippen LogP contribution is -2.48. The van der Waals surface area contributed by atoms with Gasteiger partial charge in [-0.05, 0) is 18.4 Å². The molecule has 0 amide bonds. The van der Waals surface area contributed by atoms with Crippen molar-refractivity contribution in [3.05, 3.63) is 0 Å². The second-order valence-corrected chi connectivity index (χ2v) is 5.66. The predicted molar refractivity (Wildman–Crippen MR) is 75.5 cm³/mol. The summed E-state index contributed by atoms with van der Waals surface area (Å²) in [4.78, 5) is 2.57. The Labute approximate surface area is 108 Å². The Balaban J connectivity index is 4.42. The molecule has 0 rings (SSSR count). The fourth-order valence-corrected chi connectivity index (χ4v) is 2.11. The Morgan fingerprint density at radius 1 is 1.06 bits per heavy atom. The van der Waals surface area contributed by atoms with Gasteiger partial charge in [0.25, 0.3) is 0 Å². The van der Waals surface area contributed by atoms with Crippen molar-refractivity contribution in [3.63, 3.8) is 0 Å². The minimum absolute atomic E-state index is 0.491. The third-order valence-corrected chi connectivity index (χ3v) is 2.70. The number of hydrogen-bond donors (Lipinski definition) is 1. The molecule has 0 saturated heterocycles. The first-order chi connectivity index (χ1) is 8.01. The van der Waals surface area contributed by atoms with E-state index in [0.717, 1.165) is 32.8 Å². The molecule has 0 radical (unpaired) electrons. The van der Waals surface area contributed by atoms with Gasteiger partial charge in [0, 0.05) is 32.8 Å². The standard InChI is InChI=1S/C14H32N2O/c1-7-15-8-14(11-17-6)16(9-12(2)3)10-13(4)5/h12-15H,7-11H2,1-6H3. The Hall–Kier alpha value is -0.120. The molecule has 0 aliphatic heterocycles. The molecular formula is C14H32N2O. The van der Waals surface area contributed by atoms with Crippen LogP contribution in [0.5, 0.6) is 0 Å². The zero-order valence-electron chi connectivity index (χ0n) is 12.6. The molecule has 0 bridgehead atoms. The number of ether oxygens (including phenoxy) is 1. The van der Waals surface area contributed by atoms with Gasteiger partial charge in [-0.25, -0.2) is 0 Å². The minimum Gasteiger partial charge on any atom is -0.383 e. The summed E-state index contributed by atoms with van der Waals surface area (Å²) in [6, 6.07) is 0.491. The van der Waals surface area contributed by atoms with E-state index in [0.29, 0.717) is 17.9 Å². The Bertz CT molecular complexity index is 162. The third kappa shape index (κ3) is 8.58. The zero-order valence-corrected chi connectivity index (χ0v) is 12.6. The van der Waals surface area contributed by atoms with Gasteiger partial charge in [-0.1, -0.05) is 34.6 Å². The lowest BCUT2D eigenvalue weighted by Gasteiger charge is -2.34. The van der Waals surface area contributed by atoms with Crippen LogP contribution in [0, 0.1) is 11.8 Å². The average Bonchev–Trinajstić information content (AvgIpc) is 2.22. The molecule has 104 valence electrons. The van der Waals surface area contributed by atoms with Crippen molar-refractivity contribution < 1.29 is 4.74 Å². The molecule has 3 nitrogen and oxygen atoms in total. The summed E-state index contributed by atoms with van der Waals surface area (Å²) in [5, 5.41) is 3.44. The molecule has 0 spiro atoms. The van der Waals surface area contributed by atoms with Crippen molar-refractivity contribution in [2.45, 2.75) is 40.7 Å². The van der Waals surface area contributed by atoms with Crippen molar-refractivity contribution in [2.24, 2.45) is 11.8 Å². The summed E-state index contributed by atoms with van der Waals surface area (Å²) < 4.78 is 5.36. The van der Waals surface area contributed by atoms with Gasteiger partial charge < -0.3 is 10.1 Å². The number of methoxy groups -OCH3 is 1. The Morgan fingerprint density at radius 3 is 1.94 bits per heavy atom. The second kappa shape index (κ2) is 9.86. The highest BCUT2D eigenvalue weighted by Crippen LogP contribution is 2.09. The van der Waals surface area contributed by atoms with Crippen LogP contribution in [0.2, 0.25) is 0 Å². The summed E-state index contributed by atoms with van der Waals surface area (Å²) in [5.41, 5.74) is 0. The number of nitrogens with zero attached hydrogens (tertiary/aromatic N) is 1. The van der Waals surface area contributed by atoms with Gasteiger partial charge in [0.1, 0.15) is 0 Å². The van der Waals surface area contributed by atoms with Crippen LogP contribution in [0.25, 0.3) is 0 Å². The van der Waals surface area contributed by atoms with E-state index < -0.39 is 0 Å². The summed E-state index contributed by atoms with van der Waals surface area (Å²) in [7, 11) is 1.79. The maximum atomic E-state index is 5.36. The number of rotatable bonds is 10. The van der Waals surface area contributed by atoms with Crippen LogP contribution in [-0.4, -0.2) is 50.8 Å². The monoisotopic (exact) mass is 244 g/mol. The average molecular weight is 244 g/mol. The van der Waals surface area contributed by atoms with E-state index in [4.69, 9.17) is 4.74 Å². The Kier molecular flexibility index (Phi) is 9.79. The molecule has 0 aromatic carbocycles. The summed E-state index contributed by atoms with van der Waals surface area (Å²) in [6.07, 6.45) is 0. The summed E-state index contributed by atoms with van der Waals surface area (Å²) in [5.74, 6) is 1.41. The molecule has 0 aromatic heterocycles. The van der Waals surface area contributed by atoms with Gasteiger partial charge in [-0.15, -0.1) is 0 Å². The molecule has 1 N–H and O–H groups in total. The van der Waals surface area contributed by atoms with E-state index in [2.05, 4.69) is 44.8 Å². The van der Waals surface area contributed by atoms with Crippen LogP contribution in [-0.2, 0) is 4.74 Å². The molecule has 3 heteroatoms. The first-order valence-corrected chi connectivity index (χ1v) is 6.94. The lowest BCUT2D eigenvalue weighted by molar-refractivity contribution is 0.0738. The first-order valence-electron chi connectivity index (χ1n) is 6.94.